The summed E-state index contributed by atoms with van der Waals surface area (Å²) in [6.45, 7) is 6.12. The van der Waals surface area contributed by atoms with E-state index in [1.165, 1.54) is 0 Å². The van der Waals surface area contributed by atoms with E-state index in [4.69, 9.17) is 4.42 Å². The number of hydrogen-bond donors (Lipinski definition) is 0. The Bertz CT molecular complexity index is 273. The van der Waals surface area contributed by atoms with E-state index in [-0.39, 0.29) is 0 Å². The predicted octanol–water partition coefficient (Wildman–Crippen LogP) is 3.19. The maximum absolute atomic E-state index is 5.24. The molecular formula is C10H15NO. The van der Waals surface area contributed by atoms with Gasteiger partial charge in [0.05, 0.1) is 5.69 Å². The molecule has 0 N–H and O–H groups in total. The highest BCUT2D eigenvalue weighted by Crippen LogP contribution is 2.13. The molecule has 1 rings (SSSR count). The van der Waals surface area contributed by atoms with Gasteiger partial charge in [-0.05, 0) is 20.3 Å². The zero-order valence-electron chi connectivity index (χ0n) is 7.92. The summed E-state index contributed by atoms with van der Waals surface area (Å²) in [6, 6.07) is 0. The number of unbranched alkanes of at least 4 members (excludes halogenated alkanes) is 1. The van der Waals surface area contributed by atoms with Gasteiger partial charge >= 0.3 is 0 Å². The molecule has 0 aliphatic carbocycles. The van der Waals surface area contributed by atoms with Crippen LogP contribution in [-0.4, -0.2) is 4.98 Å². The van der Waals surface area contributed by atoms with E-state index in [0.29, 0.717) is 0 Å². The van der Waals surface area contributed by atoms with E-state index in [2.05, 4.69) is 18.0 Å². The number of aryl methyl sites for hydroxylation is 1. The van der Waals surface area contributed by atoms with E-state index >= 15 is 0 Å². The molecule has 0 spiro atoms. The summed E-state index contributed by atoms with van der Waals surface area (Å²) in [5.74, 6) is 0.751. The van der Waals surface area contributed by atoms with Gasteiger partial charge in [0, 0.05) is 5.57 Å². The lowest BCUT2D eigenvalue weighted by molar-refractivity contribution is 0.541. The second-order valence-electron chi connectivity index (χ2n) is 2.97. The van der Waals surface area contributed by atoms with Crippen molar-refractivity contribution in [2.45, 2.75) is 33.6 Å². The fourth-order valence-corrected chi connectivity index (χ4v) is 0.983. The van der Waals surface area contributed by atoms with Gasteiger partial charge in [0.25, 0.3) is 0 Å². The smallest absolute Gasteiger partial charge is 0.221 e. The van der Waals surface area contributed by atoms with Gasteiger partial charge < -0.3 is 4.42 Å². The first kappa shape index (κ1) is 9.04. The summed E-state index contributed by atoms with van der Waals surface area (Å²) in [5, 5.41) is 0. The molecule has 0 atom stereocenters. The van der Waals surface area contributed by atoms with Crippen LogP contribution >= 0.6 is 0 Å². The summed E-state index contributed by atoms with van der Waals surface area (Å²) in [6.07, 6.45) is 6.09. The van der Waals surface area contributed by atoms with E-state index in [0.717, 1.165) is 30.0 Å². The highest BCUT2D eigenvalue weighted by molar-refractivity contribution is 5.55. The van der Waals surface area contributed by atoms with Gasteiger partial charge in [-0.25, -0.2) is 4.98 Å². The van der Waals surface area contributed by atoms with Crippen molar-refractivity contribution < 1.29 is 4.42 Å². The lowest BCUT2D eigenvalue weighted by Crippen LogP contribution is -1.79. The van der Waals surface area contributed by atoms with Gasteiger partial charge in [-0.1, -0.05) is 19.4 Å². The molecule has 0 saturated heterocycles. The Kier molecular flexibility index (Phi) is 3.09. The molecule has 2 heteroatoms. The highest BCUT2D eigenvalue weighted by Gasteiger charge is 2.00. The molecule has 0 unspecified atom stereocenters. The normalized spacial score (nSPS) is 12.1. The topological polar surface area (TPSA) is 26.0 Å². The zero-order valence-corrected chi connectivity index (χ0v) is 7.92. The Balaban J connectivity index is 2.70. The molecule has 1 aromatic rings. The third-order valence-electron chi connectivity index (χ3n) is 1.70. The minimum Gasteiger partial charge on any atom is -0.445 e. The van der Waals surface area contributed by atoms with Crippen LogP contribution in [0.4, 0.5) is 0 Å². The fourth-order valence-electron chi connectivity index (χ4n) is 0.983. The van der Waals surface area contributed by atoms with Crippen LogP contribution in [0, 0.1) is 6.92 Å². The van der Waals surface area contributed by atoms with Gasteiger partial charge in [0.15, 0.2) is 0 Å². The molecular weight excluding hydrogens is 150 g/mol. The van der Waals surface area contributed by atoms with Gasteiger partial charge in [0.1, 0.15) is 6.26 Å². The van der Waals surface area contributed by atoms with Crippen LogP contribution in [0.25, 0.3) is 5.57 Å². The lowest BCUT2D eigenvalue weighted by atomic mass is 10.2. The Morgan fingerprint density at radius 3 is 2.92 bits per heavy atom. The number of hydrogen-bond acceptors (Lipinski definition) is 2. The fraction of sp³-hybridized carbons (Fsp3) is 0.500. The minimum absolute atomic E-state index is 0.751. The van der Waals surface area contributed by atoms with Gasteiger partial charge in [-0.15, -0.1) is 0 Å². The van der Waals surface area contributed by atoms with Crippen LogP contribution < -0.4 is 0 Å². The first-order chi connectivity index (χ1) is 5.74. The Morgan fingerprint density at radius 2 is 2.42 bits per heavy atom. The van der Waals surface area contributed by atoms with Crippen molar-refractivity contribution in [3.05, 3.63) is 23.9 Å². The number of nitrogens with zero attached hydrogens (tertiary/aromatic N) is 1. The summed E-state index contributed by atoms with van der Waals surface area (Å²) in [5.41, 5.74) is 2.07. The van der Waals surface area contributed by atoms with Gasteiger partial charge in [-0.3, -0.25) is 0 Å². The maximum atomic E-state index is 5.24. The van der Waals surface area contributed by atoms with Gasteiger partial charge in [-0.2, -0.15) is 0 Å². The number of rotatable bonds is 3. The van der Waals surface area contributed by atoms with Crippen molar-refractivity contribution in [2.75, 3.05) is 0 Å². The highest BCUT2D eigenvalue weighted by atomic mass is 16.3. The summed E-state index contributed by atoms with van der Waals surface area (Å²) >= 11 is 0. The summed E-state index contributed by atoms with van der Waals surface area (Å²) in [4.78, 5) is 4.23. The van der Waals surface area contributed by atoms with E-state index in [1.54, 1.807) is 6.26 Å². The van der Waals surface area contributed by atoms with Crippen molar-refractivity contribution >= 4 is 5.57 Å². The first-order valence-electron chi connectivity index (χ1n) is 4.33. The molecule has 0 aliphatic rings. The maximum Gasteiger partial charge on any atom is 0.221 e. The summed E-state index contributed by atoms with van der Waals surface area (Å²) < 4.78 is 5.24. The molecule has 1 heterocycles. The molecule has 1 aromatic heterocycles. The molecule has 12 heavy (non-hydrogen) atoms. The molecule has 0 radical (unpaired) electrons. The van der Waals surface area contributed by atoms with Crippen LogP contribution in [0.1, 0.15) is 38.3 Å². The molecule has 66 valence electrons. The van der Waals surface area contributed by atoms with Crippen molar-refractivity contribution in [3.8, 4) is 0 Å². The standard InChI is InChI=1S/C10H15NO/c1-4-5-6-8(2)10-11-9(3)7-12-10/h6-7H,4-5H2,1-3H3. The van der Waals surface area contributed by atoms with E-state index in [1.807, 2.05) is 13.8 Å². The second kappa shape index (κ2) is 4.10. The Hall–Kier alpha value is -1.05. The number of aromatic nitrogens is 1. The quantitative estimate of drug-likeness (QED) is 0.687. The SMILES string of the molecule is CCCC=C(C)c1nc(C)co1. The van der Waals surface area contributed by atoms with Crippen LogP contribution in [0.2, 0.25) is 0 Å². The predicted molar refractivity (Wildman–Crippen MR) is 49.8 cm³/mol. The number of allylic oxidation sites excluding steroid dienone is 2. The van der Waals surface area contributed by atoms with E-state index in [9.17, 15) is 0 Å². The van der Waals surface area contributed by atoms with Crippen molar-refractivity contribution in [1.29, 1.82) is 0 Å². The molecule has 0 aromatic carbocycles. The largest absolute Gasteiger partial charge is 0.445 e. The van der Waals surface area contributed by atoms with Crippen molar-refractivity contribution in [1.82, 2.24) is 4.98 Å². The lowest BCUT2D eigenvalue weighted by Gasteiger charge is -1.92. The third-order valence-corrected chi connectivity index (χ3v) is 1.70. The zero-order chi connectivity index (χ0) is 8.97. The van der Waals surface area contributed by atoms with Crippen LogP contribution in [0.15, 0.2) is 16.8 Å². The third kappa shape index (κ3) is 2.22. The molecule has 0 saturated carbocycles. The molecule has 0 aliphatic heterocycles. The first-order valence-corrected chi connectivity index (χ1v) is 4.33. The Labute approximate surface area is 73.3 Å². The van der Waals surface area contributed by atoms with E-state index < -0.39 is 0 Å². The van der Waals surface area contributed by atoms with Crippen LogP contribution in [-0.2, 0) is 0 Å². The van der Waals surface area contributed by atoms with Crippen LogP contribution in [0.3, 0.4) is 0 Å². The van der Waals surface area contributed by atoms with Crippen LogP contribution in [0.5, 0.6) is 0 Å². The number of oxazole rings is 1. The summed E-state index contributed by atoms with van der Waals surface area (Å²) in [7, 11) is 0. The minimum atomic E-state index is 0.751. The van der Waals surface area contributed by atoms with Crippen molar-refractivity contribution in [3.63, 3.8) is 0 Å². The average molecular weight is 165 g/mol. The Morgan fingerprint density at radius 1 is 1.67 bits per heavy atom. The molecule has 0 amide bonds. The average Bonchev–Trinajstić information content (AvgIpc) is 2.47. The van der Waals surface area contributed by atoms with Crippen molar-refractivity contribution in [2.24, 2.45) is 0 Å². The second-order valence-corrected chi connectivity index (χ2v) is 2.97. The van der Waals surface area contributed by atoms with Gasteiger partial charge in [0.2, 0.25) is 5.89 Å². The molecule has 0 fully saturated rings. The molecule has 0 bridgehead atoms. The molecule has 2 nitrogen and oxygen atoms in total. The monoisotopic (exact) mass is 165 g/mol.